The van der Waals surface area contributed by atoms with E-state index in [9.17, 15) is 4.79 Å². The molecule has 0 heterocycles. The van der Waals surface area contributed by atoms with Crippen molar-refractivity contribution in [2.75, 3.05) is 31.6 Å². The summed E-state index contributed by atoms with van der Waals surface area (Å²) in [4.78, 5) is 14.4. The largest absolute Gasteiger partial charge is 0.493 e. The number of nitrogens with one attached hydrogen (secondary N) is 1. The fourth-order valence-electron chi connectivity index (χ4n) is 2.67. The van der Waals surface area contributed by atoms with Crippen molar-refractivity contribution in [2.45, 2.75) is 33.6 Å². The predicted octanol–water partition coefficient (Wildman–Crippen LogP) is 4.72. The Hall–Kier alpha value is -1.78. The zero-order valence-electron chi connectivity index (χ0n) is 15.4. The summed E-state index contributed by atoms with van der Waals surface area (Å²) in [6.07, 6.45) is 2.15. The van der Waals surface area contributed by atoms with Crippen molar-refractivity contribution in [2.24, 2.45) is 0 Å². The van der Waals surface area contributed by atoms with E-state index in [2.05, 4.69) is 31.0 Å². The van der Waals surface area contributed by atoms with Crippen LogP contribution in [0.4, 0.5) is 5.69 Å². The predicted molar refractivity (Wildman–Crippen MR) is 108 cm³/mol. The first-order valence-corrected chi connectivity index (χ1v) is 8.86. The van der Waals surface area contributed by atoms with Crippen molar-refractivity contribution < 1.29 is 9.53 Å². The topological polar surface area (TPSA) is 41.6 Å². The highest BCUT2D eigenvalue weighted by Crippen LogP contribution is 2.31. The van der Waals surface area contributed by atoms with Crippen LogP contribution in [0.15, 0.2) is 36.4 Å². The maximum atomic E-state index is 12.3. The van der Waals surface area contributed by atoms with Crippen molar-refractivity contribution in [3.05, 3.63) is 36.4 Å². The minimum Gasteiger partial charge on any atom is -0.493 e. The van der Waals surface area contributed by atoms with Crippen LogP contribution in [0, 0.1) is 0 Å². The number of carbonyl (C=O) groups is 1. The van der Waals surface area contributed by atoms with Gasteiger partial charge >= 0.3 is 0 Å². The number of likely N-dealkylation sites (N-methyl/N-ethyl adjacent to an activating group) is 1. The number of hydrogen-bond donors (Lipinski definition) is 1. The third-order valence-electron chi connectivity index (χ3n) is 4.18. The fourth-order valence-corrected chi connectivity index (χ4v) is 2.67. The molecule has 0 unspecified atom stereocenters. The number of nitrogens with zero attached hydrogens (tertiary/aromatic N) is 1. The monoisotopic (exact) mass is 364 g/mol. The van der Waals surface area contributed by atoms with Crippen molar-refractivity contribution in [1.82, 2.24) is 4.90 Å². The van der Waals surface area contributed by atoms with Crippen LogP contribution in [0.5, 0.6) is 5.75 Å². The number of hydrogen-bond acceptors (Lipinski definition) is 3. The molecule has 0 bridgehead atoms. The van der Waals surface area contributed by atoms with Gasteiger partial charge in [0.25, 0.3) is 0 Å². The van der Waals surface area contributed by atoms with E-state index in [0.717, 1.165) is 48.1 Å². The van der Waals surface area contributed by atoms with Gasteiger partial charge in [-0.1, -0.05) is 51.5 Å². The molecule has 1 N–H and O–H groups in total. The highest BCUT2D eigenvalue weighted by molar-refractivity contribution is 6.04. The highest BCUT2D eigenvalue weighted by atomic mass is 35.5. The lowest BCUT2D eigenvalue weighted by Crippen LogP contribution is -2.32. The average molecular weight is 365 g/mol. The van der Waals surface area contributed by atoms with Crippen LogP contribution in [0.3, 0.4) is 0 Å². The molecule has 0 spiro atoms. The quantitative estimate of drug-likeness (QED) is 0.654. The van der Waals surface area contributed by atoms with E-state index in [-0.39, 0.29) is 18.3 Å². The lowest BCUT2D eigenvalue weighted by Gasteiger charge is -2.18. The average Bonchev–Trinajstić information content (AvgIpc) is 2.61. The van der Waals surface area contributed by atoms with Gasteiger partial charge in [-0.3, -0.25) is 9.69 Å². The Kier molecular flexibility index (Phi) is 9.32. The van der Waals surface area contributed by atoms with Gasteiger partial charge in [0.1, 0.15) is 5.75 Å². The highest BCUT2D eigenvalue weighted by Gasteiger charge is 2.11. The number of ether oxygens (including phenoxy) is 1. The summed E-state index contributed by atoms with van der Waals surface area (Å²) in [5.41, 5.74) is 0.839. The molecule has 4 nitrogen and oxygen atoms in total. The first kappa shape index (κ1) is 21.3. The number of amides is 1. The van der Waals surface area contributed by atoms with E-state index in [1.807, 2.05) is 36.4 Å². The molecule has 2 aromatic rings. The van der Waals surface area contributed by atoms with Gasteiger partial charge in [-0.05, 0) is 31.6 Å². The van der Waals surface area contributed by atoms with Crippen LogP contribution < -0.4 is 10.1 Å². The second-order valence-electron chi connectivity index (χ2n) is 5.87. The molecule has 1 amide bonds. The van der Waals surface area contributed by atoms with Crippen LogP contribution >= 0.6 is 12.4 Å². The van der Waals surface area contributed by atoms with Gasteiger partial charge in [-0.25, -0.2) is 0 Å². The molecule has 5 heteroatoms. The smallest absolute Gasteiger partial charge is 0.238 e. The SMILES string of the molecule is CCCCOc1ccc(NC(=O)CN(CC)CC)c2ccccc12.Cl. The second-order valence-corrected chi connectivity index (χ2v) is 5.87. The summed E-state index contributed by atoms with van der Waals surface area (Å²) in [5, 5.41) is 5.09. The minimum atomic E-state index is 0. The van der Waals surface area contributed by atoms with Crippen molar-refractivity contribution in [1.29, 1.82) is 0 Å². The molecular weight excluding hydrogens is 336 g/mol. The molecule has 138 valence electrons. The third kappa shape index (κ3) is 5.91. The van der Waals surface area contributed by atoms with Gasteiger partial charge in [0.2, 0.25) is 5.91 Å². The fraction of sp³-hybridized carbons (Fsp3) is 0.450. The van der Waals surface area contributed by atoms with E-state index >= 15 is 0 Å². The van der Waals surface area contributed by atoms with Crippen LogP contribution in [0.2, 0.25) is 0 Å². The first-order chi connectivity index (χ1) is 11.7. The number of fused-ring (bicyclic) bond motifs is 1. The Balaban J connectivity index is 0.00000312. The standard InChI is InChI=1S/C20H28N2O2.ClH/c1-4-7-14-24-19-13-12-18(16-10-8-9-11-17(16)19)21-20(23)15-22(5-2)6-3;/h8-13H,4-7,14-15H2,1-3H3,(H,21,23);1H. The number of unbranched alkanes of at least 4 members (excludes halogenated alkanes) is 1. The minimum absolute atomic E-state index is 0. The van der Waals surface area contributed by atoms with Gasteiger partial charge in [-0.2, -0.15) is 0 Å². The summed E-state index contributed by atoms with van der Waals surface area (Å²) in [6, 6.07) is 11.9. The summed E-state index contributed by atoms with van der Waals surface area (Å²) in [5.74, 6) is 0.893. The molecule has 25 heavy (non-hydrogen) atoms. The number of rotatable bonds is 9. The zero-order chi connectivity index (χ0) is 17.4. The normalized spacial score (nSPS) is 10.6. The Bertz CT molecular complexity index is 672. The van der Waals surface area contributed by atoms with E-state index in [1.54, 1.807) is 0 Å². The summed E-state index contributed by atoms with van der Waals surface area (Å²) < 4.78 is 5.90. The third-order valence-corrected chi connectivity index (χ3v) is 4.18. The van der Waals surface area contributed by atoms with Crippen molar-refractivity contribution in [3.8, 4) is 5.75 Å². The first-order valence-electron chi connectivity index (χ1n) is 8.86. The molecule has 0 radical (unpaired) electrons. The van der Waals surface area contributed by atoms with Gasteiger partial charge in [0, 0.05) is 16.5 Å². The van der Waals surface area contributed by atoms with Crippen LogP contribution in [0.25, 0.3) is 10.8 Å². The summed E-state index contributed by atoms with van der Waals surface area (Å²) >= 11 is 0. The second kappa shape index (κ2) is 11.0. The van der Waals surface area contributed by atoms with Crippen LogP contribution in [0.1, 0.15) is 33.6 Å². The number of benzene rings is 2. The maximum absolute atomic E-state index is 12.3. The van der Waals surface area contributed by atoms with E-state index in [4.69, 9.17) is 4.74 Å². The zero-order valence-corrected chi connectivity index (χ0v) is 16.2. The van der Waals surface area contributed by atoms with Crippen molar-refractivity contribution in [3.63, 3.8) is 0 Å². The molecule has 0 aromatic heterocycles. The Morgan fingerprint density at radius 2 is 1.72 bits per heavy atom. The lowest BCUT2D eigenvalue weighted by molar-refractivity contribution is -0.117. The Morgan fingerprint density at radius 3 is 2.36 bits per heavy atom. The van der Waals surface area contributed by atoms with E-state index in [1.165, 1.54) is 0 Å². The molecule has 2 aromatic carbocycles. The van der Waals surface area contributed by atoms with Crippen LogP contribution in [-0.4, -0.2) is 37.0 Å². The Morgan fingerprint density at radius 1 is 1.04 bits per heavy atom. The van der Waals surface area contributed by atoms with Gasteiger partial charge in [0.15, 0.2) is 0 Å². The number of carbonyl (C=O) groups excluding carboxylic acids is 1. The number of halogens is 1. The molecule has 0 fully saturated rings. The van der Waals surface area contributed by atoms with Gasteiger partial charge < -0.3 is 10.1 Å². The Labute approximate surface area is 157 Å². The molecule has 0 saturated carbocycles. The molecule has 0 saturated heterocycles. The van der Waals surface area contributed by atoms with Crippen LogP contribution in [-0.2, 0) is 4.79 Å². The lowest BCUT2D eigenvalue weighted by atomic mass is 10.1. The summed E-state index contributed by atoms with van der Waals surface area (Å²) in [6.45, 7) is 9.15. The maximum Gasteiger partial charge on any atom is 0.238 e. The molecule has 0 aliphatic rings. The molecule has 0 atom stereocenters. The van der Waals surface area contributed by atoms with Gasteiger partial charge in [0.05, 0.1) is 13.2 Å². The molecule has 0 aliphatic heterocycles. The number of anilines is 1. The molecule has 2 rings (SSSR count). The molecular formula is C20H29ClN2O2. The van der Waals surface area contributed by atoms with E-state index in [0.29, 0.717) is 13.2 Å². The van der Waals surface area contributed by atoms with Crippen molar-refractivity contribution >= 4 is 34.8 Å². The summed E-state index contributed by atoms with van der Waals surface area (Å²) in [7, 11) is 0. The van der Waals surface area contributed by atoms with Gasteiger partial charge in [-0.15, -0.1) is 12.4 Å². The van der Waals surface area contributed by atoms with E-state index < -0.39 is 0 Å². The molecule has 0 aliphatic carbocycles.